The molecule has 1 amide bonds. The van der Waals surface area contributed by atoms with E-state index in [1.165, 1.54) is 11.3 Å². The second-order valence-electron chi connectivity index (χ2n) is 4.82. The molecule has 1 fully saturated rings. The fourth-order valence-electron chi connectivity index (χ4n) is 2.39. The van der Waals surface area contributed by atoms with E-state index in [1.54, 1.807) is 4.90 Å². The maximum Gasteiger partial charge on any atom is 0.306 e. The summed E-state index contributed by atoms with van der Waals surface area (Å²) in [6, 6.07) is 3.78. The highest BCUT2D eigenvalue weighted by Gasteiger charge is 2.32. The molecule has 18 heavy (non-hydrogen) atoms. The molecular weight excluding hydrogens is 250 g/mol. The molecule has 2 rings (SSSR count). The Labute approximate surface area is 110 Å². The van der Waals surface area contributed by atoms with Gasteiger partial charge in [0.2, 0.25) is 0 Å². The molecule has 5 heteroatoms. The van der Waals surface area contributed by atoms with E-state index < -0.39 is 5.97 Å². The summed E-state index contributed by atoms with van der Waals surface area (Å²) in [4.78, 5) is 26.9. The summed E-state index contributed by atoms with van der Waals surface area (Å²) < 4.78 is 0. The third-order valence-electron chi connectivity index (χ3n) is 3.44. The van der Waals surface area contributed by atoms with Gasteiger partial charge in [0, 0.05) is 17.5 Å². The highest BCUT2D eigenvalue weighted by Crippen LogP contribution is 2.26. The Balaban J connectivity index is 2.07. The van der Waals surface area contributed by atoms with E-state index in [-0.39, 0.29) is 17.9 Å². The first-order valence-electron chi connectivity index (χ1n) is 6.09. The maximum absolute atomic E-state index is 12.3. The molecule has 0 aliphatic carbocycles. The lowest BCUT2D eigenvalue weighted by Gasteiger charge is -2.36. The van der Waals surface area contributed by atoms with E-state index in [2.05, 4.69) is 0 Å². The maximum atomic E-state index is 12.3. The molecule has 2 unspecified atom stereocenters. The number of amides is 1. The van der Waals surface area contributed by atoms with Crippen LogP contribution in [-0.2, 0) is 4.79 Å². The van der Waals surface area contributed by atoms with Gasteiger partial charge >= 0.3 is 5.97 Å². The number of thiophene rings is 1. The quantitative estimate of drug-likeness (QED) is 0.895. The van der Waals surface area contributed by atoms with E-state index in [0.29, 0.717) is 19.4 Å². The monoisotopic (exact) mass is 267 g/mol. The van der Waals surface area contributed by atoms with Crippen molar-refractivity contribution in [1.29, 1.82) is 0 Å². The molecule has 1 saturated heterocycles. The minimum atomic E-state index is -0.749. The third-order valence-corrected chi connectivity index (χ3v) is 4.43. The van der Waals surface area contributed by atoms with Crippen LogP contribution in [0.15, 0.2) is 12.1 Å². The van der Waals surface area contributed by atoms with Crippen LogP contribution in [0, 0.1) is 12.8 Å². The second kappa shape index (κ2) is 5.10. The molecule has 1 aliphatic rings. The van der Waals surface area contributed by atoms with Gasteiger partial charge in [-0.1, -0.05) is 0 Å². The van der Waals surface area contributed by atoms with E-state index in [1.807, 2.05) is 26.0 Å². The summed E-state index contributed by atoms with van der Waals surface area (Å²) in [5.41, 5.74) is 0. The molecule has 1 aliphatic heterocycles. The van der Waals surface area contributed by atoms with Crippen molar-refractivity contribution < 1.29 is 14.7 Å². The van der Waals surface area contributed by atoms with Crippen molar-refractivity contribution in [3.63, 3.8) is 0 Å². The van der Waals surface area contributed by atoms with E-state index in [4.69, 9.17) is 5.11 Å². The SMILES string of the molecule is Cc1ccc(C(=O)N2CCC(C(=O)O)CC2C)s1. The number of hydrogen-bond acceptors (Lipinski definition) is 3. The molecule has 0 bridgehead atoms. The van der Waals surface area contributed by atoms with E-state index in [9.17, 15) is 9.59 Å². The molecule has 1 aromatic heterocycles. The van der Waals surface area contributed by atoms with Crippen LogP contribution >= 0.6 is 11.3 Å². The zero-order valence-corrected chi connectivity index (χ0v) is 11.4. The molecule has 2 heterocycles. The predicted octanol–water partition coefficient (Wildman–Crippen LogP) is 2.38. The van der Waals surface area contributed by atoms with Crippen molar-refractivity contribution in [2.45, 2.75) is 32.7 Å². The van der Waals surface area contributed by atoms with Gasteiger partial charge < -0.3 is 10.0 Å². The summed E-state index contributed by atoms with van der Waals surface area (Å²) in [6.07, 6.45) is 1.10. The van der Waals surface area contributed by atoms with Crippen molar-refractivity contribution in [2.24, 2.45) is 5.92 Å². The highest BCUT2D eigenvalue weighted by molar-refractivity contribution is 7.13. The van der Waals surface area contributed by atoms with Crippen LogP contribution in [0.1, 0.15) is 34.3 Å². The van der Waals surface area contributed by atoms with Crippen LogP contribution in [0.25, 0.3) is 0 Å². The van der Waals surface area contributed by atoms with Gasteiger partial charge in [-0.2, -0.15) is 0 Å². The summed E-state index contributed by atoms with van der Waals surface area (Å²) in [7, 11) is 0. The number of nitrogens with zero attached hydrogens (tertiary/aromatic N) is 1. The van der Waals surface area contributed by atoms with Crippen LogP contribution < -0.4 is 0 Å². The summed E-state index contributed by atoms with van der Waals surface area (Å²) in [5.74, 6) is -1.03. The fourth-order valence-corrected chi connectivity index (χ4v) is 3.21. The lowest BCUT2D eigenvalue weighted by atomic mass is 9.91. The summed E-state index contributed by atoms with van der Waals surface area (Å²) in [5, 5.41) is 9.00. The molecule has 0 radical (unpaired) electrons. The Morgan fingerprint density at radius 2 is 2.17 bits per heavy atom. The standard InChI is InChI=1S/C13H17NO3S/c1-8-7-10(13(16)17)5-6-14(8)12(15)11-4-3-9(2)18-11/h3-4,8,10H,5-7H2,1-2H3,(H,16,17). The topological polar surface area (TPSA) is 57.6 Å². The molecule has 2 atom stereocenters. The van der Waals surface area contributed by atoms with Crippen LogP contribution in [0.5, 0.6) is 0 Å². The Morgan fingerprint density at radius 1 is 1.44 bits per heavy atom. The molecule has 98 valence electrons. The van der Waals surface area contributed by atoms with Gasteiger partial charge in [-0.15, -0.1) is 11.3 Å². The number of aryl methyl sites for hydroxylation is 1. The van der Waals surface area contributed by atoms with Gasteiger partial charge in [0.1, 0.15) is 0 Å². The van der Waals surface area contributed by atoms with E-state index in [0.717, 1.165) is 9.75 Å². The number of hydrogen-bond donors (Lipinski definition) is 1. The first kappa shape index (κ1) is 13.1. The predicted molar refractivity (Wildman–Crippen MR) is 69.9 cm³/mol. The van der Waals surface area contributed by atoms with Crippen LogP contribution in [0.3, 0.4) is 0 Å². The van der Waals surface area contributed by atoms with Crippen molar-refractivity contribution in [1.82, 2.24) is 4.90 Å². The van der Waals surface area contributed by atoms with Gasteiger partial charge in [-0.3, -0.25) is 9.59 Å². The van der Waals surface area contributed by atoms with Crippen molar-refractivity contribution in [2.75, 3.05) is 6.54 Å². The van der Waals surface area contributed by atoms with Gasteiger partial charge in [0.05, 0.1) is 10.8 Å². The summed E-state index contributed by atoms with van der Waals surface area (Å²) >= 11 is 1.49. The average molecular weight is 267 g/mol. The third kappa shape index (κ3) is 2.56. The largest absolute Gasteiger partial charge is 0.481 e. The lowest BCUT2D eigenvalue weighted by molar-refractivity contribution is -0.143. The number of likely N-dealkylation sites (tertiary alicyclic amines) is 1. The minimum Gasteiger partial charge on any atom is -0.481 e. The second-order valence-corrected chi connectivity index (χ2v) is 6.11. The normalized spacial score (nSPS) is 24.0. The number of carboxylic acids is 1. The number of piperidine rings is 1. The molecule has 1 N–H and O–H groups in total. The van der Waals surface area contributed by atoms with Crippen LogP contribution in [0.2, 0.25) is 0 Å². The number of rotatable bonds is 2. The lowest BCUT2D eigenvalue weighted by Crippen LogP contribution is -2.45. The zero-order valence-electron chi connectivity index (χ0n) is 10.5. The number of carbonyl (C=O) groups is 2. The molecule has 0 aromatic carbocycles. The number of carbonyl (C=O) groups excluding carboxylic acids is 1. The van der Waals surface area contributed by atoms with Crippen molar-refractivity contribution in [3.05, 3.63) is 21.9 Å². The molecule has 0 saturated carbocycles. The van der Waals surface area contributed by atoms with Gasteiger partial charge in [0.15, 0.2) is 0 Å². The smallest absolute Gasteiger partial charge is 0.306 e. The zero-order chi connectivity index (χ0) is 13.3. The van der Waals surface area contributed by atoms with E-state index >= 15 is 0 Å². The van der Waals surface area contributed by atoms with Crippen molar-refractivity contribution >= 4 is 23.2 Å². The van der Waals surface area contributed by atoms with Gasteiger partial charge in [0.25, 0.3) is 5.91 Å². The Bertz CT molecular complexity index is 469. The Hall–Kier alpha value is -1.36. The fraction of sp³-hybridized carbons (Fsp3) is 0.538. The summed E-state index contributed by atoms with van der Waals surface area (Å²) in [6.45, 7) is 4.43. The molecule has 0 spiro atoms. The van der Waals surface area contributed by atoms with Crippen LogP contribution in [-0.4, -0.2) is 34.5 Å². The molecule has 4 nitrogen and oxygen atoms in total. The van der Waals surface area contributed by atoms with Gasteiger partial charge in [-0.25, -0.2) is 0 Å². The van der Waals surface area contributed by atoms with Crippen molar-refractivity contribution in [3.8, 4) is 0 Å². The molecular formula is C13H17NO3S. The molecule has 1 aromatic rings. The number of carboxylic acid groups (broad SMARTS) is 1. The first-order valence-corrected chi connectivity index (χ1v) is 6.91. The minimum absolute atomic E-state index is 0.00486. The Kier molecular flexibility index (Phi) is 3.71. The Morgan fingerprint density at radius 3 is 2.67 bits per heavy atom. The highest BCUT2D eigenvalue weighted by atomic mass is 32.1. The average Bonchev–Trinajstić information content (AvgIpc) is 2.74. The number of aliphatic carboxylic acids is 1. The van der Waals surface area contributed by atoms with Crippen LogP contribution in [0.4, 0.5) is 0 Å². The first-order chi connectivity index (χ1) is 8.49. The van der Waals surface area contributed by atoms with Gasteiger partial charge in [-0.05, 0) is 38.8 Å².